The fourth-order valence-corrected chi connectivity index (χ4v) is 0.115. The van der Waals surface area contributed by atoms with Gasteiger partial charge in [-0.05, 0) is 0 Å². The van der Waals surface area contributed by atoms with E-state index in [1.54, 1.807) is 0 Å². The van der Waals surface area contributed by atoms with Gasteiger partial charge in [-0.25, -0.2) is 19.3 Å². The molecule has 6 nitrogen and oxygen atoms in total. The van der Waals surface area contributed by atoms with Crippen molar-refractivity contribution in [2.75, 3.05) is 19.8 Å². The molecule has 0 aromatic heterocycles. The van der Waals surface area contributed by atoms with Crippen LogP contribution in [-0.4, -0.2) is 60.6 Å². The van der Waals surface area contributed by atoms with Crippen molar-refractivity contribution in [3.05, 3.63) is 25.9 Å². The molecule has 163 valence electrons. The van der Waals surface area contributed by atoms with Crippen LogP contribution in [0.15, 0.2) is 6.08 Å². The first-order chi connectivity index (χ1) is 8.74. The molecule has 0 aromatic rings. The van der Waals surface area contributed by atoms with Crippen molar-refractivity contribution in [2.45, 2.75) is 49.0 Å². The summed E-state index contributed by atoms with van der Waals surface area (Å²) in [7, 11) is 0. The predicted octanol–water partition coefficient (Wildman–Crippen LogP) is 2.29. The number of aliphatic hydroxyl groups is 5. The summed E-state index contributed by atoms with van der Waals surface area (Å²) in [6.07, 6.45) is 1.93. The van der Waals surface area contributed by atoms with E-state index in [9.17, 15) is 0 Å². The third kappa shape index (κ3) is 355. The standard InChI is InChI=1S/2C3H7O2.C3H5O.C2H6.CHO.3CH4.B.4V.H2/c2*4-2-1-3-5;1-2-3-4;2*1-2;;;;;;;;;/h2*2,4-5H,1,3H2;1-2,4H,3H2;1-2H3;1H;3*1H4;;;;;;1H/q3*-1;;-1;;;;;;;;;/i;;;;;;;;;;;;;1+1. The van der Waals surface area contributed by atoms with Crippen molar-refractivity contribution >= 4 is 15.2 Å². The van der Waals surface area contributed by atoms with Gasteiger partial charge in [0.2, 0.25) is 0 Å². The van der Waals surface area contributed by atoms with Crippen LogP contribution in [0.5, 0.6) is 0 Å². The van der Waals surface area contributed by atoms with Gasteiger partial charge in [0.25, 0.3) is 0 Å². The van der Waals surface area contributed by atoms with Gasteiger partial charge >= 0.3 is 0 Å². The number of hydrogen-bond donors (Lipinski definition) is 5. The third-order valence-electron chi connectivity index (χ3n) is 0.622. The molecule has 0 bridgehead atoms. The Bertz CT molecular complexity index is 110. The first-order valence-corrected chi connectivity index (χ1v) is 5.26. The van der Waals surface area contributed by atoms with E-state index in [0.717, 1.165) is 13.2 Å². The van der Waals surface area contributed by atoms with Gasteiger partial charge in [0.05, 0.1) is 0 Å². The Morgan fingerprint density at radius 3 is 0.962 bits per heavy atom. The van der Waals surface area contributed by atoms with E-state index in [1.165, 1.54) is 6.08 Å². The number of rotatable bonds is 5. The maximum absolute atomic E-state index is 7.88. The SMILES string of the molecule is C.C.C.CC.O[CH-]CCO.O[CH-]CCO.[2HH].[B].[CH-]=CCO.[CH-]=O.[V].[V].[V].[V]. The quantitative estimate of drug-likeness (QED) is 0.211. The van der Waals surface area contributed by atoms with Gasteiger partial charge in [-0.3, -0.25) is 6.79 Å². The van der Waals surface area contributed by atoms with Gasteiger partial charge < -0.3 is 36.9 Å². The minimum Gasteiger partial charge on any atom is -0.566 e. The van der Waals surface area contributed by atoms with Crippen molar-refractivity contribution in [1.29, 1.82) is 0 Å². The van der Waals surface area contributed by atoms with Crippen LogP contribution >= 0.6 is 0 Å². The minimum absolute atomic E-state index is 0. The average Bonchev–Trinajstić information content (AvgIpc) is 2.46. The van der Waals surface area contributed by atoms with Crippen LogP contribution in [0.3, 0.4) is 0 Å². The molecule has 0 saturated heterocycles. The first-order valence-electron chi connectivity index (χ1n) is 5.26. The predicted molar refractivity (Wildman–Crippen MR) is 98.0 cm³/mol. The third-order valence-corrected chi connectivity index (χ3v) is 0.622. The smallest absolute Gasteiger partial charge is 0.0294 e. The Morgan fingerprint density at radius 1 is 0.808 bits per heavy atom. The molecule has 0 heterocycles. The molecule has 7 radical (unpaired) electrons. The second kappa shape index (κ2) is 189. The number of aliphatic hydroxyl groups excluding tert-OH is 5. The molecule has 0 unspecified atom stereocenters. The van der Waals surface area contributed by atoms with E-state index in [0.29, 0.717) is 12.8 Å². The number of carbonyl (C=O) groups excluding carboxylic acids is 1. The average molecular weight is 532 g/mol. The summed E-state index contributed by atoms with van der Waals surface area (Å²) in [5.74, 6) is 0. The zero-order chi connectivity index (χ0) is 15.7. The molecular formula is C15H40BO6V4-4. The van der Waals surface area contributed by atoms with E-state index in [1.807, 2.05) is 13.8 Å². The normalized spacial score (nSPS) is 4.58. The molecule has 0 aliphatic heterocycles. The Hall–Kier alpha value is 1.61. The molecule has 11 heteroatoms. The molecule has 0 rings (SSSR count). The molecule has 0 amide bonds. The summed E-state index contributed by atoms with van der Waals surface area (Å²) in [6, 6.07) is 0. The van der Waals surface area contributed by atoms with Gasteiger partial charge in [0.15, 0.2) is 0 Å². The Labute approximate surface area is 214 Å². The van der Waals surface area contributed by atoms with E-state index >= 15 is 0 Å². The second-order valence-corrected chi connectivity index (χ2v) is 1.81. The maximum Gasteiger partial charge on any atom is 0.0294 e. The van der Waals surface area contributed by atoms with Gasteiger partial charge in [-0.1, -0.05) is 36.1 Å². The summed E-state index contributed by atoms with van der Waals surface area (Å²) >= 11 is 0. The topological polar surface area (TPSA) is 118 Å². The zero-order valence-electron chi connectivity index (χ0n) is 13.4. The molecule has 5 N–H and O–H groups in total. The van der Waals surface area contributed by atoms with E-state index in [2.05, 4.69) is 13.4 Å². The van der Waals surface area contributed by atoms with Crippen molar-refractivity contribution in [3.8, 4) is 0 Å². The van der Waals surface area contributed by atoms with Crippen LogP contribution in [0.1, 0.15) is 50.4 Å². The summed E-state index contributed by atoms with van der Waals surface area (Å²) < 4.78 is 0. The van der Waals surface area contributed by atoms with Gasteiger partial charge in [-0.15, -0.1) is 12.8 Å². The van der Waals surface area contributed by atoms with Gasteiger partial charge in [-0.2, -0.15) is 0 Å². The summed E-state index contributed by atoms with van der Waals surface area (Å²) in [5, 5.41) is 39.0. The van der Waals surface area contributed by atoms with Crippen molar-refractivity contribution in [3.63, 3.8) is 0 Å². The number of hydrogen-bond acceptors (Lipinski definition) is 6. The molecule has 0 atom stereocenters. The van der Waals surface area contributed by atoms with Crippen molar-refractivity contribution < 1.29 is 106 Å². The zero-order valence-corrected chi connectivity index (χ0v) is 19.0. The van der Waals surface area contributed by atoms with Crippen LogP contribution < -0.4 is 0 Å². The molecule has 0 aliphatic carbocycles. The fourth-order valence-electron chi connectivity index (χ4n) is 0.115. The van der Waals surface area contributed by atoms with Crippen LogP contribution in [0, 0.1) is 19.8 Å². The van der Waals surface area contributed by atoms with E-state index in [4.69, 9.17) is 30.3 Å². The van der Waals surface area contributed by atoms with Crippen molar-refractivity contribution in [1.82, 2.24) is 0 Å². The summed E-state index contributed by atoms with van der Waals surface area (Å²) in [5.41, 5.74) is 0. The Morgan fingerprint density at radius 2 is 0.962 bits per heavy atom. The Kier molecular flexibility index (Phi) is 666. The molecular weight excluding hydrogens is 491 g/mol. The van der Waals surface area contributed by atoms with Gasteiger partial charge in [0.1, 0.15) is 0 Å². The maximum atomic E-state index is 7.88. The Balaban J connectivity index is -0.00000000622. The molecule has 0 saturated carbocycles. The minimum atomic E-state index is -0.0278. The van der Waals surface area contributed by atoms with Crippen molar-refractivity contribution in [2.24, 2.45) is 0 Å². The summed E-state index contributed by atoms with van der Waals surface area (Å²) in [6.45, 7) is 13.8. The largest absolute Gasteiger partial charge is 0.566 e. The first kappa shape index (κ1) is 91.6. The van der Waals surface area contributed by atoms with Gasteiger partial charge in [0, 0.05) is 104 Å². The second-order valence-electron chi connectivity index (χ2n) is 1.81. The van der Waals surface area contributed by atoms with Crippen LogP contribution in [0.4, 0.5) is 0 Å². The molecule has 0 fully saturated rings. The fraction of sp³-hybridized carbons (Fsp3) is 0.667. The van der Waals surface area contributed by atoms with Crippen LogP contribution in [0.25, 0.3) is 0 Å². The van der Waals surface area contributed by atoms with Crippen LogP contribution in [0.2, 0.25) is 0 Å². The van der Waals surface area contributed by atoms with E-state index in [-0.39, 0.29) is 126 Å². The monoisotopic (exact) mass is 532 g/mol. The molecule has 0 aromatic carbocycles. The molecule has 0 spiro atoms. The van der Waals surface area contributed by atoms with E-state index < -0.39 is 0 Å². The molecule has 0 aliphatic rings. The summed E-state index contributed by atoms with van der Waals surface area (Å²) in [4.78, 5) is 7.75. The van der Waals surface area contributed by atoms with Crippen LogP contribution in [-0.2, 0) is 79.0 Å². The molecule has 26 heavy (non-hydrogen) atoms.